The van der Waals surface area contributed by atoms with Crippen LogP contribution in [0.15, 0.2) is 30.3 Å². The van der Waals surface area contributed by atoms with E-state index >= 15 is 0 Å². The van der Waals surface area contributed by atoms with E-state index in [4.69, 9.17) is 0 Å². The number of likely N-dealkylation sites (tertiary alicyclic amines) is 2. The van der Waals surface area contributed by atoms with Gasteiger partial charge in [0.1, 0.15) is 0 Å². The lowest BCUT2D eigenvalue weighted by molar-refractivity contribution is -0.139. The highest BCUT2D eigenvalue weighted by Crippen LogP contribution is 2.21. The van der Waals surface area contributed by atoms with E-state index in [0.717, 1.165) is 38.6 Å². The molecule has 1 N–H and O–H groups in total. The van der Waals surface area contributed by atoms with Crippen molar-refractivity contribution in [1.82, 2.24) is 15.1 Å². The minimum Gasteiger partial charge on any atom is -0.353 e. The Balaban J connectivity index is 1.47. The topological polar surface area (TPSA) is 69.7 Å². The van der Waals surface area contributed by atoms with Crippen molar-refractivity contribution in [1.29, 1.82) is 0 Å². The van der Waals surface area contributed by atoms with Gasteiger partial charge in [-0.15, -0.1) is 0 Å². The summed E-state index contributed by atoms with van der Waals surface area (Å²) in [5.41, 5.74) is 0.711. The highest BCUT2D eigenvalue weighted by Gasteiger charge is 2.32. The van der Waals surface area contributed by atoms with Crippen LogP contribution in [0.3, 0.4) is 0 Å². The third-order valence-electron chi connectivity index (χ3n) is 6.29. The maximum Gasteiger partial charge on any atom is 0.253 e. The van der Waals surface area contributed by atoms with Crippen LogP contribution in [0, 0.1) is 11.8 Å². The van der Waals surface area contributed by atoms with Crippen molar-refractivity contribution in [3.8, 4) is 0 Å². The second-order valence-electron chi connectivity index (χ2n) is 8.37. The highest BCUT2D eigenvalue weighted by atomic mass is 16.2. The Kier molecular flexibility index (Phi) is 7.29. The molecule has 0 radical (unpaired) electrons. The van der Waals surface area contributed by atoms with Crippen molar-refractivity contribution < 1.29 is 14.4 Å². The number of nitrogens with one attached hydrogen (secondary N) is 1. The smallest absolute Gasteiger partial charge is 0.253 e. The van der Waals surface area contributed by atoms with Gasteiger partial charge >= 0.3 is 0 Å². The van der Waals surface area contributed by atoms with Gasteiger partial charge in [-0.1, -0.05) is 32.0 Å². The van der Waals surface area contributed by atoms with Crippen LogP contribution in [-0.4, -0.2) is 59.7 Å². The lowest BCUT2D eigenvalue weighted by Gasteiger charge is -2.36. The van der Waals surface area contributed by atoms with Crippen LogP contribution in [0.2, 0.25) is 0 Å². The Bertz CT molecular complexity index is 713. The zero-order valence-corrected chi connectivity index (χ0v) is 17.6. The van der Waals surface area contributed by atoms with Gasteiger partial charge in [0, 0.05) is 43.7 Å². The van der Waals surface area contributed by atoms with Crippen LogP contribution in [-0.2, 0) is 9.59 Å². The molecule has 0 spiro atoms. The molecular weight excluding hydrogens is 366 g/mol. The predicted molar refractivity (Wildman–Crippen MR) is 112 cm³/mol. The molecule has 2 unspecified atom stereocenters. The minimum absolute atomic E-state index is 0.0169. The van der Waals surface area contributed by atoms with Crippen LogP contribution >= 0.6 is 0 Å². The molecule has 2 atom stereocenters. The molecule has 2 fully saturated rings. The zero-order valence-electron chi connectivity index (χ0n) is 17.6. The summed E-state index contributed by atoms with van der Waals surface area (Å²) in [5.74, 6) is 0.170. The Morgan fingerprint density at radius 1 is 1.03 bits per heavy atom. The maximum absolute atomic E-state index is 12.8. The molecule has 3 rings (SSSR count). The third-order valence-corrected chi connectivity index (χ3v) is 6.29. The van der Waals surface area contributed by atoms with Gasteiger partial charge in [0.15, 0.2) is 0 Å². The molecule has 2 aliphatic rings. The molecule has 29 heavy (non-hydrogen) atoms. The van der Waals surface area contributed by atoms with E-state index in [1.807, 2.05) is 54.0 Å². The summed E-state index contributed by atoms with van der Waals surface area (Å²) < 4.78 is 0. The number of carbonyl (C=O) groups excluding carboxylic acids is 3. The molecule has 2 saturated heterocycles. The molecule has 158 valence electrons. The number of hydrogen-bond acceptors (Lipinski definition) is 3. The third kappa shape index (κ3) is 5.37. The zero-order chi connectivity index (χ0) is 20.8. The van der Waals surface area contributed by atoms with Gasteiger partial charge in [0.25, 0.3) is 5.91 Å². The van der Waals surface area contributed by atoms with E-state index in [0.29, 0.717) is 25.2 Å². The molecule has 1 aromatic carbocycles. The van der Waals surface area contributed by atoms with Gasteiger partial charge in [-0.25, -0.2) is 0 Å². The van der Waals surface area contributed by atoms with Crippen molar-refractivity contribution in [2.45, 2.75) is 52.0 Å². The summed E-state index contributed by atoms with van der Waals surface area (Å²) >= 11 is 0. The SMILES string of the molecule is CCC(C)C(=O)N1CCCC(C(=O)NC2CCN(C(=O)c3ccccc3)CC2)C1. The molecule has 6 heteroatoms. The van der Waals surface area contributed by atoms with E-state index in [1.54, 1.807) is 0 Å². The van der Waals surface area contributed by atoms with E-state index < -0.39 is 0 Å². The normalized spacial score (nSPS) is 21.5. The van der Waals surface area contributed by atoms with Crippen molar-refractivity contribution in [2.24, 2.45) is 11.8 Å². The Morgan fingerprint density at radius 2 is 1.72 bits per heavy atom. The summed E-state index contributed by atoms with van der Waals surface area (Å²) in [6, 6.07) is 9.43. The van der Waals surface area contributed by atoms with Crippen LogP contribution < -0.4 is 5.32 Å². The fraction of sp³-hybridized carbons (Fsp3) is 0.609. The first-order valence-corrected chi connectivity index (χ1v) is 10.9. The number of carbonyl (C=O) groups is 3. The molecule has 1 aromatic rings. The summed E-state index contributed by atoms with van der Waals surface area (Å²) in [6.07, 6.45) is 4.08. The average Bonchev–Trinajstić information content (AvgIpc) is 2.78. The molecule has 0 saturated carbocycles. The molecular formula is C23H33N3O3. The van der Waals surface area contributed by atoms with E-state index in [1.165, 1.54) is 0 Å². The van der Waals surface area contributed by atoms with E-state index in [9.17, 15) is 14.4 Å². The quantitative estimate of drug-likeness (QED) is 0.828. The van der Waals surface area contributed by atoms with Crippen LogP contribution in [0.4, 0.5) is 0 Å². The predicted octanol–water partition coefficient (Wildman–Crippen LogP) is 2.69. The summed E-state index contributed by atoms with van der Waals surface area (Å²) in [4.78, 5) is 41.5. The summed E-state index contributed by atoms with van der Waals surface area (Å²) in [5, 5.41) is 3.18. The fourth-order valence-corrected chi connectivity index (χ4v) is 4.19. The molecule has 3 amide bonds. The van der Waals surface area contributed by atoms with Gasteiger partial charge in [0.2, 0.25) is 11.8 Å². The minimum atomic E-state index is -0.124. The number of hydrogen-bond donors (Lipinski definition) is 1. The molecule has 6 nitrogen and oxygen atoms in total. The second-order valence-corrected chi connectivity index (χ2v) is 8.37. The Hall–Kier alpha value is -2.37. The number of amides is 3. The Morgan fingerprint density at radius 3 is 2.38 bits per heavy atom. The first-order chi connectivity index (χ1) is 14.0. The lowest BCUT2D eigenvalue weighted by Crippen LogP contribution is -2.51. The van der Waals surface area contributed by atoms with E-state index in [-0.39, 0.29) is 35.6 Å². The molecule has 0 aromatic heterocycles. The summed E-state index contributed by atoms with van der Waals surface area (Å²) in [7, 11) is 0. The maximum atomic E-state index is 12.8. The van der Waals surface area contributed by atoms with Gasteiger partial charge in [-0.3, -0.25) is 14.4 Å². The highest BCUT2D eigenvalue weighted by molar-refractivity contribution is 5.94. The fourth-order valence-electron chi connectivity index (χ4n) is 4.19. The van der Waals surface area contributed by atoms with Gasteiger partial charge < -0.3 is 15.1 Å². The molecule has 2 heterocycles. The Labute approximate surface area is 173 Å². The standard InChI is InChI=1S/C23H33N3O3/c1-3-17(2)22(28)26-13-7-10-19(16-26)21(27)24-20-11-14-25(15-12-20)23(29)18-8-5-4-6-9-18/h4-6,8-9,17,19-20H,3,7,10-16H2,1-2H3,(H,24,27). The summed E-state index contributed by atoms with van der Waals surface area (Å²) in [6.45, 7) is 6.57. The van der Waals surface area contributed by atoms with Crippen LogP contribution in [0.5, 0.6) is 0 Å². The number of piperidine rings is 2. The van der Waals surface area contributed by atoms with Crippen molar-refractivity contribution in [2.75, 3.05) is 26.2 Å². The number of benzene rings is 1. The van der Waals surface area contributed by atoms with Crippen molar-refractivity contribution >= 4 is 17.7 Å². The molecule has 0 bridgehead atoms. The van der Waals surface area contributed by atoms with Gasteiger partial charge in [0.05, 0.1) is 5.92 Å². The first-order valence-electron chi connectivity index (χ1n) is 10.9. The van der Waals surface area contributed by atoms with Gasteiger partial charge in [-0.2, -0.15) is 0 Å². The number of nitrogens with zero attached hydrogens (tertiary/aromatic N) is 2. The second kappa shape index (κ2) is 9.90. The molecule has 0 aliphatic carbocycles. The van der Waals surface area contributed by atoms with Crippen LogP contribution in [0.1, 0.15) is 56.3 Å². The average molecular weight is 400 g/mol. The van der Waals surface area contributed by atoms with Gasteiger partial charge in [-0.05, 0) is 44.2 Å². The first kappa shape index (κ1) is 21.3. The monoisotopic (exact) mass is 399 g/mol. The van der Waals surface area contributed by atoms with Crippen molar-refractivity contribution in [3.63, 3.8) is 0 Å². The largest absolute Gasteiger partial charge is 0.353 e. The molecule has 2 aliphatic heterocycles. The van der Waals surface area contributed by atoms with Crippen LogP contribution in [0.25, 0.3) is 0 Å². The number of rotatable bonds is 5. The van der Waals surface area contributed by atoms with E-state index in [2.05, 4.69) is 5.32 Å². The lowest BCUT2D eigenvalue weighted by atomic mass is 9.94. The van der Waals surface area contributed by atoms with Crippen molar-refractivity contribution in [3.05, 3.63) is 35.9 Å².